The van der Waals surface area contributed by atoms with E-state index in [1.807, 2.05) is 0 Å². The van der Waals surface area contributed by atoms with Gasteiger partial charge in [-0.3, -0.25) is 14.9 Å². The zero-order chi connectivity index (χ0) is 15.9. The molecule has 0 radical (unpaired) electrons. The Bertz CT molecular complexity index is 900. The number of carbonyl (C=O) groups excluding carboxylic acids is 1. The van der Waals surface area contributed by atoms with Gasteiger partial charge in [-0.2, -0.15) is 0 Å². The van der Waals surface area contributed by atoms with Crippen molar-refractivity contribution in [2.45, 2.75) is 0 Å². The molecule has 0 bridgehead atoms. The van der Waals surface area contributed by atoms with Crippen LogP contribution in [0.15, 0.2) is 51.4 Å². The average Bonchev–Trinajstić information content (AvgIpc) is 2.83. The number of nitro benzene ring substituents is 1. The number of fused-ring (bicyclic) bond motifs is 1. The molecule has 7 heteroatoms. The van der Waals surface area contributed by atoms with Crippen molar-refractivity contribution in [3.05, 3.63) is 68.4 Å². The van der Waals surface area contributed by atoms with E-state index in [0.29, 0.717) is 11.0 Å². The molecule has 3 rings (SSSR count). The summed E-state index contributed by atoms with van der Waals surface area (Å²) in [4.78, 5) is 22.6. The Balaban J connectivity index is 2.05. The zero-order valence-corrected chi connectivity index (χ0v) is 12.7. The third-order valence-electron chi connectivity index (χ3n) is 3.23. The molecule has 0 saturated carbocycles. The molecule has 0 atom stereocenters. The molecule has 0 aliphatic heterocycles. The van der Waals surface area contributed by atoms with Crippen LogP contribution in [0.4, 0.5) is 11.4 Å². The Labute approximate surface area is 132 Å². The number of nitro groups is 1. The Morgan fingerprint density at radius 2 is 1.86 bits per heavy atom. The summed E-state index contributed by atoms with van der Waals surface area (Å²) in [5, 5.41) is 11.3. The fraction of sp³-hybridized carbons (Fsp3) is 0. The van der Waals surface area contributed by atoms with Crippen molar-refractivity contribution in [3.63, 3.8) is 0 Å². The van der Waals surface area contributed by atoms with Crippen LogP contribution in [0.5, 0.6) is 0 Å². The number of carbonyl (C=O) groups is 1. The summed E-state index contributed by atoms with van der Waals surface area (Å²) < 4.78 is 6.34. The van der Waals surface area contributed by atoms with Crippen molar-refractivity contribution in [1.82, 2.24) is 0 Å². The van der Waals surface area contributed by atoms with Gasteiger partial charge in [-0.1, -0.05) is 15.9 Å². The summed E-state index contributed by atoms with van der Waals surface area (Å²) in [6.07, 6.45) is 0. The normalized spacial score (nSPS) is 10.8. The van der Waals surface area contributed by atoms with Gasteiger partial charge in [0.1, 0.15) is 5.58 Å². The van der Waals surface area contributed by atoms with Gasteiger partial charge in [-0.05, 0) is 30.3 Å². The number of halogens is 1. The second-order valence-electron chi connectivity index (χ2n) is 4.62. The van der Waals surface area contributed by atoms with Crippen LogP contribution in [0.1, 0.15) is 16.1 Å². The van der Waals surface area contributed by atoms with Crippen molar-refractivity contribution < 1.29 is 14.1 Å². The maximum atomic E-state index is 12.4. The molecule has 2 N–H and O–H groups in total. The van der Waals surface area contributed by atoms with E-state index in [0.717, 1.165) is 4.47 Å². The predicted molar refractivity (Wildman–Crippen MR) is 84.9 cm³/mol. The number of hydrogen-bond acceptors (Lipinski definition) is 5. The first-order valence-electron chi connectivity index (χ1n) is 6.24. The summed E-state index contributed by atoms with van der Waals surface area (Å²) in [7, 11) is 0. The molecule has 0 fully saturated rings. The molecule has 6 nitrogen and oxygen atoms in total. The molecule has 2 aromatic carbocycles. The third-order valence-corrected chi connectivity index (χ3v) is 3.73. The highest BCUT2D eigenvalue weighted by Gasteiger charge is 2.20. The number of rotatable bonds is 3. The van der Waals surface area contributed by atoms with Crippen LogP contribution in [-0.4, -0.2) is 10.7 Å². The lowest BCUT2D eigenvalue weighted by atomic mass is 10.1. The van der Waals surface area contributed by atoms with Crippen LogP contribution >= 0.6 is 15.9 Å². The maximum Gasteiger partial charge on any atom is 0.269 e. The monoisotopic (exact) mass is 360 g/mol. The molecule has 0 spiro atoms. The number of furan rings is 1. The van der Waals surface area contributed by atoms with Gasteiger partial charge in [-0.25, -0.2) is 0 Å². The first-order chi connectivity index (χ1) is 10.5. The summed E-state index contributed by atoms with van der Waals surface area (Å²) in [5.74, 6) is -0.387. The SMILES string of the molecule is Nc1c(C(=O)c2ccc([N+](=O)[O-])cc2)oc2ccc(Br)cc12. The van der Waals surface area contributed by atoms with E-state index >= 15 is 0 Å². The number of hydrogen-bond donors (Lipinski definition) is 1. The number of non-ortho nitro benzene ring substituents is 1. The topological polar surface area (TPSA) is 99.4 Å². The Morgan fingerprint density at radius 1 is 1.18 bits per heavy atom. The molecule has 0 aliphatic rings. The number of ketones is 1. The van der Waals surface area contributed by atoms with Crippen molar-refractivity contribution in [2.24, 2.45) is 0 Å². The molecule has 110 valence electrons. The minimum absolute atomic E-state index is 0.0296. The van der Waals surface area contributed by atoms with Crippen molar-refractivity contribution in [2.75, 3.05) is 5.73 Å². The average molecular weight is 361 g/mol. The fourth-order valence-electron chi connectivity index (χ4n) is 2.12. The Morgan fingerprint density at radius 3 is 2.50 bits per heavy atom. The van der Waals surface area contributed by atoms with E-state index < -0.39 is 10.7 Å². The molecule has 0 saturated heterocycles. The van der Waals surface area contributed by atoms with E-state index in [9.17, 15) is 14.9 Å². The molecule has 3 aromatic rings. The summed E-state index contributed by atoms with van der Waals surface area (Å²) in [6.45, 7) is 0. The fourth-order valence-corrected chi connectivity index (χ4v) is 2.48. The first-order valence-corrected chi connectivity index (χ1v) is 7.03. The standard InChI is InChI=1S/C15H9BrN2O4/c16-9-3-6-12-11(7-9)13(17)15(22-12)14(19)8-1-4-10(5-2-8)18(20)21/h1-7H,17H2. The lowest BCUT2D eigenvalue weighted by Gasteiger charge is -1.99. The largest absolute Gasteiger partial charge is 0.450 e. The van der Waals surface area contributed by atoms with Crippen LogP contribution in [-0.2, 0) is 0 Å². The number of nitrogen functional groups attached to an aromatic ring is 1. The van der Waals surface area contributed by atoms with Crippen molar-refractivity contribution >= 4 is 44.1 Å². The summed E-state index contributed by atoms with van der Waals surface area (Å²) >= 11 is 3.33. The van der Waals surface area contributed by atoms with Crippen molar-refractivity contribution in [1.29, 1.82) is 0 Å². The van der Waals surface area contributed by atoms with Crippen molar-refractivity contribution in [3.8, 4) is 0 Å². The van der Waals surface area contributed by atoms with E-state index in [1.54, 1.807) is 18.2 Å². The Hall–Kier alpha value is -2.67. The van der Waals surface area contributed by atoms with Gasteiger partial charge in [0.2, 0.25) is 5.78 Å². The highest BCUT2D eigenvalue weighted by molar-refractivity contribution is 9.10. The zero-order valence-electron chi connectivity index (χ0n) is 11.1. The van der Waals surface area contributed by atoms with E-state index in [-0.39, 0.29) is 22.7 Å². The number of nitrogens with two attached hydrogens (primary N) is 1. The molecular formula is C15H9BrN2O4. The Kier molecular flexibility index (Phi) is 3.42. The maximum absolute atomic E-state index is 12.4. The van der Waals surface area contributed by atoms with Crippen LogP contribution in [0.25, 0.3) is 11.0 Å². The molecule has 1 aromatic heterocycles. The molecule has 0 unspecified atom stereocenters. The summed E-state index contributed by atoms with van der Waals surface area (Å²) in [5.41, 5.74) is 6.92. The van der Waals surface area contributed by atoms with Gasteiger partial charge >= 0.3 is 0 Å². The molecular weight excluding hydrogens is 352 g/mol. The smallest absolute Gasteiger partial charge is 0.269 e. The lowest BCUT2D eigenvalue weighted by Crippen LogP contribution is -2.03. The van der Waals surface area contributed by atoms with E-state index in [4.69, 9.17) is 10.2 Å². The third kappa shape index (κ3) is 2.35. The second kappa shape index (κ2) is 5.27. The van der Waals surface area contributed by atoms with E-state index in [2.05, 4.69) is 15.9 Å². The number of nitrogens with zero attached hydrogens (tertiary/aromatic N) is 1. The lowest BCUT2D eigenvalue weighted by molar-refractivity contribution is -0.384. The van der Waals surface area contributed by atoms with Crippen LogP contribution in [0.3, 0.4) is 0 Å². The van der Waals surface area contributed by atoms with Gasteiger partial charge in [-0.15, -0.1) is 0 Å². The van der Waals surface area contributed by atoms with Gasteiger partial charge in [0.05, 0.1) is 10.6 Å². The highest BCUT2D eigenvalue weighted by atomic mass is 79.9. The van der Waals surface area contributed by atoms with E-state index in [1.165, 1.54) is 24.3 Å². The van der Waals surface area contributed by atoms with Crippen LogP contribution < -0.4 is 5.73 Å². The summed E-state index contributed by atoms with van der Waals surface area (Å²) in [6, 6.07) is 10.5. The van der Waals surface area contributed by atoms with Gasteiger partial charge in [0.15, 0.2) is 5.76 Å². The minimum Gasteiger partial charge on any atom is -0.450 e. The molecule has 0 aliphatic carbocycles. The van der Waals surface area contributed by atoms with Gasteiger partial charge in [0, 0.05) is 27.6 Å². The highest BCUT2D eigenvalue weighted by Crippen LogP contribution is 2.32. The van der Waals surface area contributed by atoms with Crippen LogP contribution in [0, 0.1) is 10.1 Å². The van der Waals surface area contributed by atoms with Gasteiger partial charge < -0.3 is 10.2 Å². The quantitative estimate of drug-likeness (QED) is 0.433. The number of anilines is 1. The minimum atomic E-state index is -0.526. The van der Waals surface area contributed by atoms with Gasteiger partial charge in [0.25, 0.3) is 5.69 Å². The first kappa shape index (κ1) is 14.3. The molecule has 0 amide bonds. The molecule has 22 heavy (non-hydrogen) atoms. The second-order valence-corrected chi connectivity index (χ2v) is 5.53. The predicted octanol–water partition coefficient (Wildman–Crippen LogP) is 3.92. The molecule has 1 heterocycles. The van der Waals surface area contributed by atoms with Crippen LogP contribution in [0.2, 0.25) is 0 Å². The number of benzene rings is 2.